The maximum atomic E-state index is 13.4. The van der Waals surface area contributed by atoms with Gasteiger partial charge in [-0.3, -0.25) is 0 Å². The Morgan fingerprint density at radius 3 is 2.76 bits per heavy atom. The average Bonchev–Trinajstić information content (AvgIpc) is 2.51. The van der Waals surface area contributed by atoms with Crippen LogP contribution in [0.5, 0.6) is 0 Å². The monoisotopic (exact) mass is 348 g/mol. The van der Waals surface area contributed by atoms with Crippen LogP contribution in [0.25, 0.3) is 0 Å². The molecule has 0 saturated carbocycles. The molecule has 0 aromatic heterocycles. The van der Waals surface area contributed by atoms with E-state index in [4.69, 9.17) is 0 Å². The molecule has 0 amide bonds. The first-order valence-electron chi connectivity index (χ1n) is 7.20. The van der Waals surface area contributed by atoms with Gasteiger partial charge in [0.1, 0.15) is 5.82 Å². The summed E-state index contributed by atoms with van der Waals surface area (Å²) in [7, 11) is 0. The van der Waals surface area contributed by atoms with Crippen LogP contribution in [0, 0.1) is 5.82 Å². The molecule has 1 unspecified atom stereocenters. The highest BCUT2D eigenvalue weighted by Gasteiger charge is 2.20. The molecule has 0 spiro atoms. The number of anilines is 1. The standard InChI is InChI=1S/C17H18BrFN2/c18-16-11-15(6-7-17(16)19)21-9-8-20-14(12-21)10-13-4-2-1-3-5-13/h1-7,11,14,20H,8-10,12H2. The van der Waals surface area contributed by atoms with Gasteiger partial charge in [0.25, 0.3) is 0 Å². The van der Waals surface area contributed by atoms with E-state index in [2.05, 4.69) is 50.4 Å². The molecule has 21 heavy (non-hydrogen) atoms. The van der Waals surface area contributed by atoms with Crippen LogP contribution in [0.1, 0.15) is 5.56 Å². The van der Waals surface area contributed by atoms with Crippen LogP contribution in [-0.4, -0.2) is 25.7 Å². The minimum atomic E-state index is -0.213. The molecule has 2 aromatic rings. The zero-order valence-corrected chi connectivity index (χ0v) is 13.3. The molecule has 1 atom stereocenters. The Balaban J connectivity index is 1.69. The normalized spacial score (nSPS) is 18.8. The molecule has 1 fully saturated rings. The lowest BCUT2D eigenvalue weighted by Gasteiger charge is -2.35. The van der Waals surface area contributed by atoms with E-state index in [1.807, 2.05) is 18.2 Å². The molecule has 1 aliphatic heterocycles. The molecule has 1 N–H and O–H groups in total. The number of hydrogen-bond acceptors (Lipinski definition) is 2. The molecule has 1 saturated heterocycles. The van der Waals surface area contributed by atoms with Gasteiger partial charge < -0.3 is 10.2 Å². The van der Waals surface area contributed by atoms with Crippen LogP contribution < -0.4 is 10.2 Å². The van der Waals surface area contributed by atoms with Gasteiger partial charge in [0.2, 0.25) is 0 Å². The summed E-state index contributed by atoms with van der Waals surface area (Å²) in [6.45, 7) is 2.84. The Morgan fingerprint density at radius 1 is 1.19 bits per heavy atom. The Labute approximate surface area is 133 Å². The summed E-state index contributed by atoms with van der Waals surface area (Å²) < 4.78 is 13.9. The van der Waals surface area contributed by atoms with Crippen LogP contribution in [-0.2, 0) is 6.42 Å². The van der Waals surface area contributed by atoms with Gasteiger partial charge >= 0.3 is 0 Å². The van der Waals surface area contributed by atoms with Crippen molar-refractivity contribution in [2.24, 2.45) is 0 Å². The lowest BCUT2D eigenvalue weighted by Crippen LogP contribution is -2.51. The van der Waals surface area contributed by atoms with Crippen molar-refractivity contribution in [1.29, 1.82) is 0 Å². The smallest absolute Gasteiger partial charge is 0.137 e. The summed E-state index contributed by atoms with van der Waals surface area (Å²) in [6.07, 6.45) is 1.01. The van der Waals surface area contributed by atoms with E-state index in [9.17, 15) is 4.39 Å². The Bertz CT molecular complexity index is 603. The van der Waals surface area contributed by atoms with E-state index < -0.39 is 0 Å². The maximum absolute atomic E-state index is 13.4. The summed E-state index contributed by atoms with van der Waals surface area (Å²) >= 11 is 3.26. The summed E-state index contributed by atoms with van der Waals surface area (Å²) in [5.74, 6) is -0.213. The van der Waals surface area contributed by atoms with Crippen molar-refractivity contribution < 1.29 is 4.39 Å². The van der Waals surface area contributed by atoms with Gasteiger partial charge in [0.05, 0.1) is 4.47 Å². The van der Waals surface area contributed by atoms with Gasteiger partial charge in [-0.2, -0.15) is 0 Å². The van der Waals surface area contributed by atoms with Gasteiger partial charge in [0, 0.05) is 31.4 Å². The number of rotatable bonds is 3. The van der Waals surface area contributed by atoms with E-state index in [0.29, 0.717) is 10.5 Å². The molecule has 2 aromatic carbocycles. The molecular weight excluding hydrogens is 331 g/mol. The second-order valence-electron chi connectivity index (χ2n) is 5.39. The molecule has 1 heterocycles. The van der Waals surface area contributed by atoms with Crippen LogP contribution in [0.15, 0.2) is 53.0 Å². The molecular formula is C17H18BrFN2. The number of nitrogens with one attached hydrogen (secondary N) is 1. The van der Waals surface area contributed by atoms with Crippen molar-refractivity contribution in [3.05, 3.63) is 64.4 Å². The Morgan fingerprint density at radius 2 is 2.00 bits per heavy atom. The minimum Gasteiger partial charge on any atom is -0.369 e. The van der Waals surface area contributed by atoms with E-state index in [1.54, 1.807) is 0 Å². The molecule has 0 aliphatic carbocycles. The fourth-order valence-electron chi connectivity index (χ4n) is 2.78. The molecule has 3 rings (SSSR count). The molecule has 2 nitrogen and oxygen atoms in total. The third kappa shape index (κ3) is 3.63. The highest BCUT2D eigenvalue weighted by atomic mass is 79.9. The first kappa shape index (κ1) is 14.5. The number of halogens is 2. The SMILES string of the molecule is Fc1ccc(N2CCNC(Cc3ccccc3)C2)cc1Br. The zero-order chi connectivity index (χ0) is 14.7. The van der Waals surface area contributed by atoms with E-state index in [0.717, 1.165) is 31.7 Å². The van der Waals surface area contributed by atoms with Crippen LogP contribution >= 0.6 is 15.9 Å². The Hall–Kier alpha value is -1.39. The number of benzene rings is 2. The quantitative estimate of drug-likeness (QED) is 0.911. The number of hydrogen-bond donors (Lipinski definition) is 1. The highest BCUT2D eigenvalue weighted by Crippen LogP contribution is 2.24. The van der Waals surface area contributed by atoms with Gasteiger partial charge in [-0.05, 0) is 46.1 Å². The average molecular weight is 349 g/mol. The summed E-state index contributed by atoms with van der Waals surface area (Å²) in [5.41, 5.74) is 2.42. The molecule has 4 heteroatoms. The predicted molar refractivity (Wildman–Crippen MR) is 88.2 cm³/mol. The maximum Gasteiger partial charge on any atom is 0.137 e. The van der Waals surface area contributed by atoms with Gasteiger partial charge in [-0.1, -0.05) is 30.3 Å². The largest absolute Gasteiger partial charge is 0.369 e. The van der Waals surface area contributed by atoms with E-state index in [-0.39, 0.29) is 5.82 Å². The lowest BCUT2D eigenvalue weighted by molar-refractivity contribution is 0.454. The fourth-order valence-corrected chi connectivity index (χ4v) is 3.14. The summed E-state index contributed by atoms with van der Waals surface area (Å²) in [4.78, 5) is 2.31. The van der Waals surface area contributed by atoms with Crippen LogP contribution in [0.2, 0.25) is 0 Å². The first-order valence-corrected chi connectivity index (χ1v) is 7.99. The molecule has 1 aliphatic rings. The fraction of sp³-hybridized carbons (Fsp3) is 0.294. The third-order valence-corrected chi connectivity index (χ3v) is 4.46. The van der Waals surface area contributed by atoms with Crippen molar-refractivity contribution in [2.45, 2.75) is 12.5 Å². The van der Waals surface area contributed by atoms with E-state index in [1.165, 1.54) is 11.6 Å². The highest BCUT2D eigenvalue weighted by molar-refractivity contribution is 9.10. The van der Waals surface area contributed by atoms with Crippen LogP contribution in [0.4, 0.5) is 10.1 Å². The second kappa shape index (κ2) is 6.58. The van der Waals surface area contributed by atoms with Crippen molar-refractivity contribution >= 4 is 21.6 Å². The van der Waals surface area contributed by atoms with Crippen molar-refractivity contribution in [3.63, 3.8) is 0 Å². The van der Waals surface area contributed by atoms with E-state index >= 15 is 0 Å². The molecule has 110 valence electrons. The molecule has 0 bridgehead atoms. The zero-order valence-electron chi connectivity index (χ0n) is 11.7. The summed E-state index contributed by atoms with van der Waals surface area (Å²) in [5, 5.41) is 3.57. The third-order valence-electron chi connectivity index (χ3n) is 3.85. The number of nitrogens with zero attached hydrogens (tertiary/aromatic N) is 1. The topological polar surface area (TPSA) is 15.3 Å². The number of piperazine rings is 1. The lowest BCUT2D eigenvalue weighted by atomic mass is 10.0. The Kier molecular flexibility index (Phi) is 4.56. The summed E-state index contributed by atoms with van der Waals surface area (Å²) in [6, 6.07) is 16.2. The van der Waals surface area contributed by atoms with Gasteiger partial charge in [-0.15, -0.1) is 0 Å². The predicted octanol–water partition coefficient (Wildman–Crippen LogP) is 3.61. The first-order chi connectivity index (χ1) is 10.2. The van der Waals surface area contributed by atoms with Crippen molar-refractivity contribution in [1.82, 2.24) is 5.32 Å². The molecule has 0 radical (unpaired) electrons. The van der Waals surface area contributed by atoms with Gasteiger partial charge in [-0.25, -0.2) is 4.39 Å². The van der Waals surface area contributed by atoms with Crippen molar-refractivity contribution in [2.75, 3.05) is 24.5 Å². The van der Waals surface area contributed by atoms with Gasteiger partial charge in [0.15, 0.2) is 0 Å². The second-order valence-corrected chi connectivity index (χ2v) is 6.24. The minimum absolute atomic E-state index is 0.213. The van der Waals surface area contributed by atoms with Crippen molar-refractivity contribution in [3.8, 4) is 0 Å². The van der Waals surface area contributed by atoms with Crippen LogP contribution in [0.3, 0.4) is 0 Å².